The van der Waals surface area contributed by atoms with Gasteiger partial charge in [-0.25, -0.2) is 0 Å². The predicted octanol–water partition coefficient (Wildman–Crippen LogP) is 2.96. The Balaban J connectivity index is 1.51. The molecule has 3 nitrogen and oxygen atoms in total. The number of likely N-dealkylation sites (N-methyl/N-ethyl adjacent to an activating group) is 1. The van der Waals surface area contributed by atoms with Gasteiger partial charge in [-0.05, 0) is 61.8 Å². The van der Waals surface area contributed by atoms with E-state index in [1.54, 1.807) is 12.1 Å². The fourth-order valence-electron chi connectivity index (χ4n) is 4.26. The molecule has 1 N–H and O–H groups in total. The van der Waals surface area contributed by atoms with Gasteiger partial charge in [0.15, 0.2) is 0 Å². The Hall–Kier alpha value is -1.37. The van der Waals surface area contributed by atoms with Crippen LogP contribution >= 0.6 is 0 Å². The maximum absolute atomic E-state index is 10.3. The fraction of sp³-hybridized carbons (Fsp3) is 0.611. The van der Waals surface area contributed by atoms with Crippen LogP contribution in [0, 0.1) is 29.1 Å². The minimum atomic E-state index is -0.471. The first kappa shape index (κ1) is 14.6. The molecule has 0 spiro atoms. The first-order valence-corrected chi connectivity index (χ1v) is 8.02. The van der Waals surface area contributed by atoms with Crippen LogP contribution in [-0.4, -0.2) is 30.1 Å². The van der Waals surface area contributed by atoms with Gasteiger partial charge >= 0.3 is 0 Å². The Labute approximate surface area is 127 Å². The van der Waals surface area contributed by atoms with Crippen LogP contribution in [0.2, 0.25) is 0 Å². The average Bonchev–Trinajstić information content (AvgIpc) is 3.09. The summed E-state index contributed by atoms with van der Waals surface area (Å²) in [7, 11) is 2.11. The SMILES string of the molecule is CN(CC(O)c1ccc(C#N)cc1)CC1CC2CCC1C2. The summed E-state index contributed by atoms with van der Waals surface area (Å²) in [5.41, 5.74) is 1.54. The Bertz CT molecular complexity index is 519. The van der Waals surface area contributed by atoms with Crippen molar-refractivity contribution in [2.45, 2.75) is 31.8 Å². The number of hydrogen-bond acceptors (Lipinski definition) is 3. The molecule has 2 aliphatic carbocycles. The van der Waals surface area contributed by atoms with Crippen molar-refractivity contribution in [1.29, 1.82) is 5.26 Å². The Morgan fingerprint density at radius 1 is 1.29 bits per heavy atom. The molecule has 2 bridgehead atoms. The van der Waals surface area contributed by atoms with E-state index in [0.29, 0.717) is 12.1 Å². The van der Waals surface area contributed by atoms with Gasteiger partial charge in [-0.2, -0.15) is 5.26 Å². The minimum Gasteiger partial charge on any atom is -0.387 e. The quantitative estimate of drug-likeness (QED) is 0.904. The smallest absolute Gasteiger partial charge is 0.0991 e. The number of fused-ring (bicyclic) bond motifs is 2. The Morgan fingerprint density at radius 3 is 2.62 bits per heavy atom. The van der Waals surface area contributed by atoms with Gasteiger partial charge in [0, 0.05) is 13.1 Å². The summed E-state index contributed by atoms with van der Waals surface area (Å²) in [4.78, 5) is 2.27. The monoisotopic (exact) mass is 284 g/mol. The second-order valence-electron chi connectivity index (χ2n) is 6.91. The van der Waals surface area contributed by atoms with E-state index in [1.165, 1.54) is 25.7 Å². The molecule has 112 valence electrons. The highest BCUT2D eigenvalue weighted by Crippen LogP contribution is 2.48. The molecule has 4 unspecified atom stereocenters. The molecule has 1 aromatic carbocycles. The van der Waals surface area contributed by atoms with E-state index >= 15 is 0 Å². The Kier molecular flexibility index (Phi) is 4.28. The maximum Gasteiger partial charge on any atom is 0.0991 e. The molecule has 0 aliphatic heterocycles. The van der Waals surface area contributed by atoms with Gasteiger partial charge < -0.3 is 10.0 Å². The lowest BCUT2D eigenvalue weighted by Crippen LogP contribution is -2.32. The molecule has 2 aliphatic rings. The molecular weight excluding hydrogens is 260 g/mol. The summed E-state index contributed by atoms with van der Waals surface area (Å²) >= 11 is 0. The van der Waals surface area contributed by atoms with E-state index in [0.717, 1.165) is 29.9 Å². The molecule has 4 atom stereocenters. The lowest BCUT2D eigenvalue weighted by Gasteiger charge is -2.28. The summed E-state index contributed by atoms with van der Waals surface area (Å²) in [5, 5.41) is 19.1. The molecule has 3 rings (SSSR count). The standard InChI is InChI=1S/C18H24N2O/c1-20(11-17-9-14-4-7-16(17)8-14)12-18(21)15-5-2-13(10-19)3-6-15/h2-3,5-6,14,16-18,21H,4,7-9,11-12H2,1H3. The molecule has 0 amide bonds. The lowest BCUT2D eigenvalue weighted by molar-refractivity contribution is 0.110. The second-order valence-corrected chi connectivity index (χ2v) is 6.91. The summed E-state index contributed by atoms with van der Waals surface area (Å²) in [6.07, 6.45) is 5.22. The van der Waals surface area contributed by atoms with Gasteiger partial charge in [0.1, 0.15) is 0 Å². The molecule has 2 saturated carbocycles. The lowest BCUT2D eigenvalue weighted by atomic mass is 9.88. The van der Waals surface area contributed by atoms with Crippen molar-refractivity contribution in [2.75, 3.05) is 20.1 Å². The molecule has 0 aromatic heterocycles. The van der Waals surface area contributed by atoms with E-state index in [2.05, 4.69) is 18.0 Å². The van der Waals surface area contributed by atoms with Crippen LogP contribution in [0.15, 0.2) is 24.3 Å². The van der Waals surface area contributed by atoms with Crippen molar-refractivity contribution in [3.05, 3.63) is 35.4 Å². The minimum absolute atomic E-state index is 0.471. The summed E-state index contributed by atoms with van der Waals surface area (Å²) < 4.78 is 0. The molecule has 0 heterocycles. The number of aliphatic hydroxyl groups excluding tert-OH is 1. The first-order chi connectivity index (χ1) is 10.2. The highest BCUT2D eigenvalue weighted by atomic mass is 16.3. The van der Waals surface area contributed by atoms with Crippen molar-refractivity contribution < 1.29 is 5.11 Å². The van der Waals surface area contributed by atoms with Gasteiger partial charge in [-0.15, -0.1) is 0 Å². The highest BCUT2D eigenvalue weighted by Gasteiger charge is 2.39. The third kappa shape index (κ3) is 3.28. The highest BCUT2D eigenvalue weighted by molar-refractivity contribution is 5.32. The molecule has 0 radical (unpaired) electrons. The van der Waals surface area contributed by atoms with E-state index in [9.17, 15) is 5.11 Å². The molecule has 1 aromatic rings. The van der Waals surface area contributed by atoms with Gasteiger partial charge in [0.05, 0.1) is 17.7 Å². The summed E-state index contributed by atoms with van der Waals surface area (Å²) in [6, 6.07) is 9.36. The van der Waals surface area contributed by atoms with Crippen LogP contribution in [0.4, 0.5) is 0 Å². The number of nitrogens with zero attached hydrogens (tertiary/aromatic N) is 2. The molecule has 0 saturated heterocycles. The maximum atomic E-state index is 10.3. The van der Waals surface area contributed by atoms with Crippen LogP contribution in [0.3, 0.4) is 0 Å². The summed E-state index contributed by atoms with van der Waals surface area (Å²) in [5.74, 6) is 2.75. The molecule has 3 heteroatoms. The van der Waals surface area contributed by atoms with Crippen molar-refractivity contribution in [1.82, 2.24) is 4.90 Å². The van der Waals surface area contributed by atoms with Gasteiger partial charge in [0.25, 0.3) is 0 Å². The number of nitriles is 1. The third-order valence-corrected chi connectivity index (χ3v) is 5.34. The van der Waals surface area contributed by atoms with E-state index in [4.69, 9.17) is 5.26 Å². The second kappa shape index (κ2) is 6.17. The molecular formula is C18H24N2O. The molecule has 2 fully saturated rings. The van der Waals surface area contributed by atoms with Crippen molar-refractivity contribution in [2.24, 2.45) is 17.8 Å². The van der Waals surface area contributed by atoms with Crippen molar-refractivity contribution in [3.8, 4) is 6.07 Å². The fourth-order valence-corrected chi connectivity index (χ4v) is 4.26. The normalized spacial score (nSPS) is 28.8. The third-order valence-electron chi connectivity index (χ3n) is 5.34. The first-order valence-electron chi connectivity index (χ1n) is 8.02. The number of benzene rings is 1. The average molecular weight is 284 g/mol. The van der Waals surface area contributed by atoms with Crippen LogP contribution in [0.25, 0.3) is 0 Å². The zero-order chi connectivity index (χ0) is 14.8. The molecule has 21 heavy (non-hydrogen) atoms. The van der Waals surface area contributed by atoms with Crippen LogP contribution in [0.5, 0.6) is 0 Å². The van der Waals surface area contributed by atoms with Gasteiger partial charge in [-0.3, -0.25) is 0 Å². The van der Waals surface area contributed by atoms with E-state index in [1.807, 2.05) is 12.1 Å². The van der Waals surface area contributed by atoms with Crippen molar-refractivity contribution >= 4 is 0 Å². The van der Waals surface area contributed by atoms with Crippen molar-refractivity contribution in [3.63, 3.8) is 0 Å². The van der Waals surface area contributed by atoms with Gasteiger partial charge in [-0.1, -0.05) is 18.6 Å². The van der Waals surface area contributed by atoms with E-state index in [-0.39, 0.29) is 0 Å². The zero-order valence-corrected chi connectivity index (χ0v) is 12.7. The van der Waals surface area contributed by atoms with Crippen LogP contribution in [-0.2, 0) is 0 Å². The van der Waals surface area contributed by atoms with E-state index < -0.39 is 6.10 Å². The Morgan fingerprint density at radius 2 is 2.05 bits per heavy atom. The zero-order valence-electron chi connectivity index (χ0n) is 12.7. The predicted molar refractivity (Wildman–Crippen MR) is 82.6 cm³/mol. The largest absolute Gasteiger partial charge is 0.387 e. The van der Waals surface area contributed by atoms with Crippen LogP contribution in [0.1, 0.15) is 42.9 Å². The van der Waals surface area contributed by atoms with Crippen LogP contribution < -0.4 is 0 Å². The van der Waals surface area contributed by atoms with Gasteiger partial charge in [0.2, 0.25) is 0 Å². The number of hydrogen-bond donors (Lipinski definition) is 1. The summed E-state index contributed by atoms with van der Waals surface area (Å²) in [6.45, 7) is 1.77. The topological polar surface area (TPSA) is 47.3 Å². The number of aliphatic hydroxyl groups is 1. The number of rotatable bonds is 5.